The Morgan fingerprint density at radius 1 is 1.28 bits per heavy atom. The van der Waals surface area contributed by atoms with Gasteiger partial charge in [0.15, 0.2) is 0 Å². The van der Waals surface area contributed by atoms with Crippen molar-refractivity contribution in [3.63, 3.8) is 0 Å². The number of nitrogens with zero attached hydrogens (tertiary/aromatic N) is 1. The van der Waals surface area contributed by atoms with Crippen LogP contribution in [0.4, 0.5) is 11.4 Å². The molecule has 0 fully saturated rings. The van der Waals surface area contributed by atoms with Crippen molar-refractivity contribution < 1.29 is 4.92 Å². The molecular weight excluding hydrogens is 275 g/mol. The standard InChI is InChI=1S/C12H16Cl2N2O2/c1-7(2)8(3)6-15-12-10(13)4-9(16(17)18)5-11(12)14/h4-5,7-8,15H,6H2,1-3H3. The Morgan fingerprint density at radius 3 is 2.17 bits per heavy atom. The topological polar surface area (TPSA) is 55.2 Å². The number of non-ortho nitro benzene ring substituents is 1. The normalized spacial score (nSPS) is 12.6. The van der Waals surface area contributed by atoms with E-state index in [0.29, 0.717) is 17.5 Å². The second-order valence-corrected chi connectivity index (χ2v) is 5.46. The number of hydrogen-bond donors (Lipinski definition) is 1. The molecule has 0 saturated carbocycles. The fourth-order valence-electron chi connectivity index (χ4n) is 1.33. The summed E-state index contributed by atoms with van der Waals surface area (Å²) < 4.78 is 0. The van der Waals surface area contributed by atoms with Gasteiger partial charge in [0.25, 0.3) is 5.69 Å². The Balaban J connectivity index is 2.87. The van der Waals surface area contributed by atoms with Crippen molar-refractivity contribution in [1.82, 2.24) is 0 Å². The number of halogens is 2. The lowest BCUT2D eigenvalue weighted by molar-refractivity contribution is -0.384. The largest absolute Gasteiger partial charge is 0.382 e. The third kappa shape index (κ3) is 3.75. The summed E-state index contributed by atoms with van der Waals surface area (Å²) in [5.41, 5.74) is 0.448. The molecule has 18 heavy (non-hydrogen) atoms. The average molecular weight is 291 g/mol. The molecule has 6 heteroatoms. The van der Waals surface area contributed by atoms with E-state index in [1.54, 1.807) is 0 Å². The number of nitro benzene ring substituents is 1. The van der Waals surface area contributed by atoms with Crippen LogP contribution in [-0.4, -0.2) is 11.5 Å². The fourth-order valence-corrected chi connectivity index (χ4v) is 1.94. The van der Waals surface area contributed by atoms with Crippen LogP contribution in [0, 0.1) is 22.0 Å². The van der Waals surface area contributed by atoms with Crippen LogP contribution in [0.1, 0.15) is 20.8 Å². The third-order valence-electron chi connectivity index (χ3n) is 2.98. The van der Waals surface area contributed by atoms with Crippen LogP contribution < -0.4 is 5.32 Å². The summed E-state index contributed by atoms with van der Waals surface area (Å²) in [4.78, 5) is 10.1. The SMILES string of the molecule is CC(C)C(C)CNc1c(Cl)cc([N+](=O)[O-])cc1Cl. The Labute approximate surface area is 116 Å². The Hall–Kier alpha value is -1.00. The first-order valence-corrected chi connectivity index (χ1v) is 6.45. The fraction of sp³-hybridized carbons (Fsp3) is 0.500. The molecule has 1 atom stereocenters. The number of rotatable bonds is 5. The Bertz CT molecular complexity index is 427. The third-order valence-corrected chi connectivity index (χ3v) is 3.57. The van der Waals surface area contributed by atoms with E-state index < -0.39 is 4.92 Å². The van der Waals surface area contributed by atoms with Crippen molar-refractivity contribution in [1.29, 1.82) is 0 Å². The van der Waals surface area contributed by atoms with Crippen molar-refractivity contribution in [2.24, 2.45) is 11.8 Å². The summed E-state index contributed by atoms with van der Waals surface area (Å²) in [5, 5.41) is 14.3. The van der Waals surface area contributed by atoms with Crippen molar-refractivity contribution in [2.75, 3.05) is 11.9 Å². The van der Waals surface area contributed by atoms with E-state index in [9.17, 15) is 10.1 Å². The van der Waals surface area contributed by atoms with Crippen molar-refractivity contribution in [3.05, 3.63) is 32.3 Å². The molecule has 0 bridgehead atoms. The molecular formula is C12H16Cl2N2O2. The highest BCUT2D eigenvalue weighted by Gasteiger charge is 2.15. The van der Waals surface area contributed by atoms with Crippen molar-refractivity contribution in [2.45, 2.75) is 20.8 Å². The zero-order valence-electron chi connectivity index (χ0n) is 10.5. The van der Waals surface area contributed by atoms with Crippen LogP contribution in [0.25, 0.3) is 0 Å². The molecule has 0 spiro atoms. The van der Waals surface area contributed by atoms with E-state index >= 15 is 0 Å². The lowest BCUT2D eigenvalue weighted by Gasteiger charge is -2.18. The summed E-state index contributed by atoms with van der Waals surface area (Å²) in [6.07, 6.45) is 0. The number of nitro groups is 1. The van der Waals surface area contributed by atoms with Gasteiger partial charge < -0.3 is 5.32 Å². The van der Waals surface area contributed by atoms with Crippen molar-refractivity contribution >= 4 is 34.6 Å². The van der Waals surface area contributed by atoms with E-state index in [1.807, 2.05) is 0 Å². The van der Waals surface area contributed by atoms with E-state index in [4.69, 9.17) is 23.2 Å². The smallest absolute Gasteiger partial charge is 0.272 e. The van der Waals surface area contributed by atoms with Crippen LogP contribution in [-0.2, 0) is 0 Å². The minimum atomic E-state index is -0.516. The molecule has 1 N–H and O–H groups in total. The number of anilines is 1. The van der Waals surface area contributed by atoms with Gasteiger partial charge in [-0.25, -0.2) is 0 Å². The minimum Gasteiger partial charge on any atom is -0.382 e. The van der Waals surface area contributed by atoms with Crippen LogP contribution >= 0.6 is 23.2 Å². The second-order valence-electron chi connectivity index (χ2n) is 4.64. The predicted octanol–water partition coefficient (Wildman–Crippen LogP) is 4.61. The minimum absolute atomic E-state index is 0.104. The molecule has 100 valence electrons. The summed E-state index contributed by atoms with van der Waals surface area (Å²) >= 11 is 12.0. The molecule has 0 heterocycles. The average Bonchev–Trinajstić information content (AvgIpc) is 2.26. The Morgan fingerprint density at radius 2 is 1.78 bits per heavy atom. The first kappa shape index (κ1) is 15.1. The number of benzene rings is 1. The maximum absolute atomic E-state index is 10.6. The zero-order valence-corrected chi connectivity index (χ0v) is 12.0. The highest BCUT2D eigenvalue weighted by Crippen LogP contribution is 2.34. The van der Waals surface area contributed by atoms with Gasteiger partial charge in [0.1, 0.15) is 0 Å². The second kappa shape index (κ2) is 6.25. The maximum atomic E-state index is 10.6. The molecule has 0 aliphatic carbocycles. The first-order valence-electron chi connectivity index (χ1n) is 5.70. The maximum Gasteiger partial charge on any atom is 0.272 e. The zero-order chi connectivity index (χ0) is 13.9. The van der Waals surface area contributed by atoms with Gasteiger partial charge in [-0.3, -0.25) is 10.1 Å². The summed E-state index contributed by atoms with van der Waals surface area (Å²) in [6, 6.07) is 2.60. The van der Waals surface area contributed by atoms with Gasteiger partial charge in [-0.1, -0.05) is 44.0 Å². The van der Waals surface area contributed by atoms with Gasteiger partial charge in [-0.2, -0.15) is 0 Å². The quantitative estimate of drug-likeness (QED) is 0.637. The number of nitrogens with one attached hydrogen (secondary N) is 1. The molecule has 0 aromatic heterocycles. The van der Waals surface area contributed by atoms with Gasteiger partial charge in [-0.05, 0) is 11.8 Å². The van der Waals surface area contributed by atoms with E-state index in [0.717, 1.165) is 6.54 Å². The van der Waals surface area contributed by atoms with Gasteiger partial charge in [0, 0.05) is 18.7 Å². The van der Waals surface area contributed by atoms with E-state index in [2.05, 4.69) is 26.1 Å². The van der Waals surface area contributed by atoms with Gasteiger partial charge in [-0.15, -0.1) is 0 Å². The van der Waals surface area contributed by atoms with Crippen molar-refractivity contribution in [3.8, 4) is 0 Å². The molecule has 1 unspecified atom stereocenters. The van der Waals surface area contributed by atoms with Gasteiger partial charge >= 0.3 is 0 Å². The summed E-state index contributed by atoms with van der Waals surface area (Å²) in [6.45, 7) is 7.09. The highest BCUT2D eigenvalue weighted by atomic mass is 35.5. The summed E-state index contributed by atoms with van der Waals surface area (Å²) in [5.74, 6) is 0.987. The van der Waals surface area contributed by atoms with Gasteiger partial charge in [0.2, 0.25) is 0 Å². The van der Waals surface area contributed by atoms with E-state index in [1.165, 1.54) is 12.1 Å². The lowest BCUT2D eigenvalue weighted by Crippen LogP contribution is -2.16. The molecule has 1 aromatic carbocycles. The van der Waals surface area contributed by atoms with Crippen LogP contribution in [0.3, 0.4) is 0 Å². The molecule has 4 nitrogen and oxygen atoms in total. The Kier molecular flexibility index (Phi) is 5.23. The molecule has 1 rings (SSSR count). The van der Waals surface area contributed by atoms with Crippen LogP contribution in [0.2, 0.25) is 10.0 Å². The monoisotopic (exact) mass is 290 g/mol. The molecule has 0 aliphatic rings. The van der Waals surface area contributed by atoms with Crippen LogP contribution in [0.15, 0.2) is 12.1 Å². The molecule has 0 amide bonds. The molecule has 0 aliphatic heterocycles. The predicted molar refractivity (Wildman–Crippen MR) is 75.6 cm³/mol. The van der Waals surface area contributed by atoms with Gasteiger partial charge in [0.05, 0.1) is 20.7 Å². The molecule has 0 saturated heterocycles. The summed E-state index contributed by atoms with van der Waals surface area (Å²) in [7, 11) is 0. The van der Waals surface area contributed by atoms with Crippen LogP contribution in [0.5, 0.6) is 0 Å². The molecule has 0 radical (unpaired) electrons. The highest BCUT2D eigenvalue weighted by molar-refractivity contribution is 6.39. The molecule has 1 aromatic rings. The first-order chi connectivity index (χ1) is 8.32. The van der Waals surface area contributed by atoms with E-state index in [-0.39, 0.29) is 15.7 Å². The number of hydrogen-bond acceptors (Lipinski definition) is 3. The lowest BCUT2D eigenvalue weighted by atomic mass is 9.98.